The Labute approximate surface area is 106 Å². The number of amides is 1. The smallest absolute Gasteiger partial charge is 0.222 e. The molecule has 0 radical (unpaired) electrons. The predicted molar refractivity (Wildman–Crippen MR) is 71.6 cm³/mol. The van der Waals surface area contributed by atoms with Crippen LogP contribution in [0, 0.1) is 11.8 Å². The van der Waals surface area contributed by atoms with Crippen LogP contribution < -0.4 is 5.73 Å². The third-order valence-electron chi connectivity index (χ3n) is 4.41. The summed E-state index contributed by atoms with van der Waals surface area (Å²) >= 11 is 0. The minimum absolute atomic E-state index is 0.315. The van der Waals surface area contributed by atoms with E-state index in [1.54, 1.807) is 0 Å². The summed E-state index contributed by atoms with van der Waals surface area (Å²) in [6, 6.07) is 0.364. The fourth-order valence-corrected chi connectivity index (χ4v) is 2.58. The van der Waals surface area contributed by atoms with Crippen molar-refractivity contribution >= 4 is 5.91 Å². The van der Waals surface area contributed by atoms with Crippen molar-refractivity contribution in [2.75, 3.05) is 13.6 Å². The van der Waals surface area contributed by atoms with Gasteiger partial charge >= 0.3 is 0 Å². The van der Waals surface area contributed by atoms with Crippen LogP contribution in [0.25, 0.3) is 0 Å². The highest BCUT2D eigenvalue weighted by Gasteiger charge is 2.24. The fraction of sp³-hybridized carbons (Fsp3) is 0.929. The van der Waals surface area contributed by atoms with Crippen molar-refractivity contribution in [3.05, 3.63) is 0 Å². The van der Waals surface area contributed by atoms with Crippen LogP contribution in [0.15, 0.2) is 0 Å². The highest BCUT2D eigenvalue weighted by molar-refractivity contribution is 5.76. The van der Waals surface area contributed by atoms with Gasteiger partial charge in [-0.2, -0.15) is 0 Å². The number of nitrogens with zero attached hydrogens (tertiary/aromatic N) is 1. The van der Waals surface area contributed by atoms with E-state index < -0.39 is 0 Å². The molecule has 0 bridgehead atoms. The molecule has 100 valence electrons. The molecule has 1 saturated carbocycles. The highest BCUT2D eigenvalue weighted by Crippen LogP contribution is 2.30. The van der Waals surface area contributed by atoms with Crippen LogP contribution in [0.5, 0.6) is 0 Å². The molecule has 0 heterocycles. The van der Waals surface area contributed by atoms with Gasteiger partial charge in [-0.05, 0) is 57.4 Å². The number of carbonyl (C=O) groups is 1. The second-order valence-electron chi connectivity index (χ2n) is 5.59. The van der Waals surface area contributed by atoms with E-state index in [4.69, 9.17) is 5.73 Å². The Kier molecular flexibility index (Phi) is 5.96. The van der Waals surface area contributed by atoms with Crippen molar-refractivity contribution in [3.63, 3.8) is 0 Å². The number of nitrogens with two attached hydrogens (primary N) is 1. The number of carbonyl (C=O) groups excluding carboxylic acids is 1. The molecule has 2 N–H and O–H groups in total. The summed E-state index contributed by atoms with van der Waals surface area (Å²) in [5, 5.41) is 0. The molecule has 1 unspecified atom stereocenters. The molecule has 1 aliphatic rings. The van der Waals surface area contributed by atoms with Crippen LogP contribution in [0.1, 0.15) is 52.4 Å². The lowest BCUT2D eigenvalue weighted by atomic mass is 9.80. The van der Waals surface area contributed by atoms with Gasteiger partial charge in [0.1, 0.15) is 0 Å². The minimum atomic E-state index is 0.315. The van der Waals surface area contributed by atoms with Crippen molar-refractivity contribution in [2.45, 2.75) is 58.4 Å². The SMILES string of the molecule is CCC(C)N(C)C(=O)CC1CCC(CN)CC1. The van der Waals surface area contributed by atoms with Crippen molar-refractivity contribution in [1.29, 1.82) is 0 Å². The number of hydrogen-bond acceptors (Lipinski definition) is 2. The molecule has 3 heteroatoms. The zero-order valence-electron chi connectivity index (χ0n) is 11.6. The van der Waals surface area contributed by atoms with E-state index in [1.807, 2.05) is 11.9 Å². The maximum atomic E-state index is 12.1. The zero-order chi connectivity index (χ0) is 12.8. The van der Waals surface area contributed by atoms with Crippen LogP contribution >= 0.6 is 0 Å². The molecule has 1 rings (SSSR count). The third-order valence-corrected chi connectivity index (χ3v) is 4.41. The number of rotatable bonds is 5. The van der Waals surface area contributed by atoms with Crippen molar-refractivity contribution in [2.24, 2.45) is 17.6 Å². The van der Waals surface area contributed by atoms with Crippen LogP contribution in [0.2, 0.25) is 0 Å². The second kappa shape index (κ2) is 7.00. The molecule has 0 aromatic heterocycles. The molecule has 0 aliphatic heterocycles. The molecule has 1 fully saturated rings. The van der Waals surface area contributed by atoms with Crippen LogP contribution in [-0.4, -0.2) is 30.4 Å². The zero-order valence-corrected chi connectivity index (χ0v) is 11.6. The van der Waals surface area contributed by atoms with E-state index in [0.29, 0.717) is 23.8 Å². The lowest BCUT2D eigenvalue weighted by Gasteiger charge is -2.30. The van der Waals surface area contributed by atoms with E-state index in [-0.39, 0.29) is 0 Å². The van der Waals surface area contributed by atoms with Gasteiger partial charge in [0.2, 0.25) is 5.91 Å². The van der Waals surface area contributed by atoms with E-state index in [1.165, 1.54) is 25.7 Å². The maximum Gasteiger partial charge on any atom is 0.222 e. The first kappa shape index (κ1) is 14.5. The average molecular weight is 240 g/mol. The Bertz CT molecular complexity index is 234. The van der Waals surface area contributed by atoms with Gasteiger partial charge in [-0.3, -0.25) is 4.79 Å². The van der Waals surface area contributed by atoms with Crippen molar-refractivity contribution in [3.8, 4) is 0 Å². The standard InChI is InChI=1S/C14H28N2O/c1-4-11(2)16(3)14(17)9-12-5-7-13(10-15)8-6-12/h11-13H,4-10,15H2,1-3H3. The maximum absolute atomic E-state index is 12.1. The fourth-order valence-electron chi connectivity index (χ4n) is 2.58. The molecule has 0 aromatic rings. The second-order valence-corrected chi connectivity index (χ2v) is 5.59. The quantitative estimate of drug-likeness (QED) is 0.802. The Morgan fingerprint density at radius 2 is 1.82 bits per heavy atom. The monoisotopic (exact) mass is 240 g/mol. The van der Waals surface area contributed by atoms with E-state index in [9.17, 15) is 4.79 Å². The molecule has 1 amide bonds. The summed E-state index contributed by atoms with van der Waals surface area (Å²) in [5.41, 5.74) is 5.68. The van der Waals surface area contributed by atoms with Crippen LogP contribution in [0.4, 0.5) is 0 Å². The first-order chi connectivity index (χ1) is 8.08. The largest absolute Gasteiger partial charge is 0.343 e. The third kappa shape index (κ3) is 4.30. The number of hydrogen-bond donors (Lipinski definition) is 1. The summed E-state index contributed by atoms with van der Waals surface area (Å²) in [6.07, 6.45) is 6.55. The molecule has 0 saturated heterocycles. The molecule has 0 aromatic carbocycles. The summed E-state index contributed by atoms with van der Waals surface area (Å²) in [4.78, 5) is 14.0. The van der Waals surface area contributed by atoms with Gasteiger partial charge in [-0.15, -0.1) is 0 Å². The first-order valence-electron chi connectivity index (χ1n) is 7.04. The lowest BCUT2D eigenvalue weighted by molar-refractivity contribution is -0.133. The van der Waals surface area contributed by atoms with E-state index in [0.717, 1.165) is 19.4 Å². The molecule has 0 spiro atoms. The summed E-state index contributed by atoms with van der Waals surface area (Å²) in [7, 11) is 1.93. The molecule has 1 aliphatic carbocycles. The summed E-state index contributed by atoms with van der Waals surface area (Å²) in [6.45, 7) is 5.05. The highest BCUT2D eigenvalue weighted by atomic mass is 16.2. The Morgan fingerprint density at radius 3 is 2.29 bits per heavy atom. The van der Waals surface area contributed by atoms with Crippen molar-refractivity contribution < 1.29 is 4.79 Å². The van der Waals surface area contributed by atoms with Gasteiger partial charge in [0.05, 0.1) is 0 Å². The molecule has 3 nitrogen and oxygen atoms in total. The topological polar surface area (TPSA) is 46.3 Å². The van der Waals surface area contributed by atoms with E-state index >= 15 is 0 Å². The van der Waals surface area contributed by atoms with Crippen LogP contribution in [-0.2, 0) is 4.79 Å². The van der Waals surface area contributed by atoms with Gasteiger partial charge < -0.3 is 10.6 Å². The van der Waals surface area contributed by atoms with Gasteiger partial charge in [0.25, 0.3) is 0 Å². The normalized spacial score (nSPS) is 26.6. The van der Waals surface area contributed by atoms with E-state index in [2.05, 4.69) is 13.8 Å². The van der Waals surface area contributed by atoms with Crippen molar-refractivity contribution in [1.82, 2.24) is 4.90 Å². The summed E-state index contributed by atoms with van der Waals surface area (Å²) < 4.78 is 0. The van der Waals surface area contributed by atoms with Gasteiger partial charge in [0, 0.05) is 19.5 Å². The lowest BCUT2D eigenvalue weighted by Crippen LogP contribution is -2.36. The van der Waals surface area contributed by atoms with Gasteiger partial charge in [0.15, 0.2) is 0 Å². The van der Waals surface area contributed by atoms with Crippen LogP contribution in [0.3, 0.4) is 0 Å². The van der Waals surface area contributed by atoms with Gasteiger partial charge in [-0.1, -0.05) is 6.92 Å². The Morgan fingerprint density at radius 1 is 1.29 bits per heavy atom. The first-order valence-corrected chi connectivity index (χ1v) is 7.04. The van der Waals surface area contributed by atoms with Gasteiger partial charge in [-0.25, -0.2) is 0 Å². The summed E-state index contributed by atoms with van der Waals surface area (Å²) in [5.74, 6) is 1.61. The molecule has 17 heavy (non-hydrogen) atoms. The average Bonchev–Trinajstić information content (AvgIpc) is 2.37. The molecular weight excluding hydrogens is 212 g/mol. The molecular formula is C14H28N2O. The minimum Gasteiger partial charge on any atom is -0.343 e. The predicted octanol–water partition coefficient (Wildman–Crippen LogP) is 2.40. The molecule has 1 atom stereocenters. The Balaban J connectivity index is 2.32. The Hall–Kier alpha value is -0.570.